The number of nitrogens with zero attached hydrogens (tertiary/aromatic N) is 3. The number of aryl methyl sites for hydroxylation is 1. The van der Waals surface area contributed by atoms with Gasteiger partial charge in [-0.2, -0.15) is 5.10 Å². The average Bonchev–Trinajstić information content (AvgIpc) is 3.01. The lowest BCUT2D eigenvalue weighted by Crippen LogP contribution is -2.36. The fourth-order valence-corrected chi connectivity index (χ4v) is 3.39. The number of hydrogen-bond acceptors (Lipinski definition) is 3. The molecular formula is C14H19N3S. The summed E-state index contributed by atoms with van der Waals surface area (Å²) in [5, 5.41) is 6.62. The van der Waals surface area contributed by atoms with Gasteiger partial charge in [-0.05, 0) is 43.3 Å². The van der Waals surface area contributed by atoms with Gasteiger partial charge in [-0.3, -0.25) is 9.58 Å². The molecule has 2 aromatic heterocycles. The highest BCUT2D eigenvalue weighted by Gasteiger charge is 2.21. The van der Waals surface area contributed by atoms with E-state index in [1.807, 2.05) is 17.5 Å². The summed E-state index contributed by atoms with van der Waals surface area (Å²) in [4.78, 5) is 4.02. The molecule has 0 N–H and O–H groups in total. The minimum Gasteiger partial charge on any atom is -0.296 e. The molecule has 3 heterocycles. The number of hydrogen-bond donors (Lipinski definition) is 0. The van der Waals surface area contributed by atoms with Crippen molar-refractivity contribution in [3.63, 3.8) is 0 Å². The predicted octanol–water partition coefficient (Wildman–Crippen LogP) is 3.09. The first-order valence-corrected chi connectivity index (χ1v) is 7.45. The normalized spacial score (nSPS) is 21.3. The molecule has 0 saturated carbocycles. The minimum atomic E-state index is 0.549. The van der Waals surface area contributed by atoms with Crippen LogP contribution in [0.5, 0.6) is 0 Å². The number of thiophene rings is 1. The molecule has 0 amide bonds. The zero-order valence-electron chi connectivity index (χ0n) is 10.7. The summed E-state index contributed by atoms with van der Waals surface area (Å²) in [7, 11) is 0. The Balaban J connectivity index is 1.65. The van der Waals surface area contributed by atoms with Crippen molar-refractivity contribution in [1.29, 1.82) is 0 Å². The van der Waals surface area contributed by atoms with Gasteiger partial charge in [0.05, 0.1) is 12.2 Å². The van der Waals surface area contributed by atoms with Crippen LogP contribution in [0.1, 0.15) is 29.3 Å². The van der Waals surface area contributed by atoms with E-state index in [1.165, 1.54) is 29.8 Å². The SMILES string of the molecule is Cc1cnn([C@@H]2CCCN(Cc3cccs3)C2)c1. The monoisotopic (exact) mass is 261 g/mol. The molecule has 1 fully saturated rings. The first kappa shape index (κ1) is 11.9. The van der Waals surface area contributed by atoms with E-state index in [-0.39, 0.29) is 0 Å². The third-order valence-electron chi connectivity index (χ3n) is 3.54. The Morgan fingerprint density at radius 3 is 3.17 bits per heavy atom. The van der Waals surface area contributed by atoms with Crippen LogP contribution in [0.4, 0.5) is 0 Å². The van der Waals surface area contributed by atoms with Gasteiger partial charge in [0.1, 0.15) is 0 Å². The van der Waals surface area contributed by atoms with Crippen molar-refractivity contribution >= 4 is 11.3 Å². The lowest BCUT2D eigenvalue weighted by Gasteiger charge is -2.32. The highest BCUT2D eigenvalue weighted by Crippen LogP contribution is 2.23. The third-order valence-corrected chi connectivity index (χ3v) is 4.41. The second-order valence-electron chi connectivity index (χ2n) is 5.11. The van der Waals surface area contributed by atoms with Crippen molar-refractivity contribution < 1.29 is 0 Å². The van der Waals surface area contributed by atoms with Gasteiger partial charge in [0.25, 0.3) is 0 Å². The van der Waals surface area contributed by atoms with E-state index in [2.05, 4.69) is 45.3 Å². The molecule has 18 heavy (non-hydrogen) atoms. The molecule has 3 rings (SSSR count). The first-order valence-electron chi connectivity index (χ1n) is 6.57. The zero-order chi connectivity index (χ0) is 12.4. The van der Waals surface area contributed by atoms with Crippen molar-refractivity contribution in [2.24, 2.45) is 0 Å². The van der Waals surface area contributed by atoms with Crippen LogP contribution in [0.3, 0.4) is 0 Å². The maximum absolute atomic E-state index is 4.46. The molecule has 0 aliphatic carbocycles. The van der Waals surface area contributed by atoms with Crippen LogP contribution in [-0.4, -0.2) is 27.8 Å². The molecule has 0 aromatic carbocycles. The van der Waals surface area contributed by atoms with Gasteiger partial charge in [-0.1, -0.05) is 6.07 Å². The summed E-state index contributed by atoms with van der Waals surface area (Å²) in [5.74, 6) is 0. The summed E-state index contributed by atoms with van der Waals surface area (Å²) in [6.45, 7) is 5.54. The second-order valence-corrected chi connectivity index (χ2v) is 6.14. The standard InChI is InChI=1S/C14H19N3S/c1-12-8-15-17(9-12)13-4-2-6-16(10-13)11-14-5-3-7-18-14/h3,5,7-9,13H,2,4,6,10-11H2,1H3/t13-/m1/s1. The van der Waals surface area contributed by atoms with Gasteiger partial charge in [0.15, 0.2) is 0 Å². The van der Waals surface area contributed by atoms with E-state index >= 15 is 0 Å². The Hall–Kier alpha value is -1.13. The Morgan fingerprint density at radius 1 is 1.50 bits per heavy atom. The highest BCUT2D eigenvalue weighted by molar-refractivity contribution is 7.09. The minimum absolute atomic E-state index is 0.549. The van der Waals surface area contributed by atoms with Crippen LogP contribution in [0.15, 0.2) is 29.9 Å². The zero-order valence-corrected chi connectivity index (χ0v) is 11.6. The van der Waals surface area contributed by atoms with Crippen LogP contribution < -0.4 is 0 Å². The fourth-order valence-electron chi connectivity index (χ4n) is 2.65. The highest BCUT2D eigenvalue weighted by atomic mass is 32.1. The molecule has 0 radical (unpaired) electrons. The topological polar surface area (TPSA) is 21.1 Å². The summed E-state index contributed by atoms with van der Waals surface area (Å²) in [5.41, 5.74) is 1.25. The molecule has 96 valence electrons. The van der Waals surface area contributed by atoms with Gasteiger partial charge in [0.2, 0.25) is 0 Å². The predicted molar refractivity (Wildman–Crippen MR) is 74.8 cm³/mol. The number of aromatic nitrogens is 2. The molecule has 1 aliphatic rings. The average molecular weight is 261 g/mol. The fraction of sp³-hybridized carbons (Fsp3) is 0.500. The molecule has 0 spiro atoms. The Kier molecular flexibility index (Phi) is 3.48. The molecule has 1 aliphatic heterocycles. The van der Waals surface area contributed by atoms with Crippen LogP contribution in [0, 0.1) is 6.92 Å². The van der Waals surface area contributed by atoms with E-state index < -0.39 is 0 Å². The van der Waals surface area contributed by atoms with Crippen molar-refractivity contribution in [3.8, 4) is 0 Å². The van der Waals surface area contributed by atoms with Crippen LogP contribution >= 0.6 is 11.3 Å². The Bertz CT molecular complexity index is 489. The van der Waals surface area contributed by atoms with E-state index in [0.717, 1.165) is 13.1 Å². The molecule has 0 bridgehead atoms. The lowest BCUT2D eigenvalue weighted by molar-refractivity contribution is 0.164. The lowest BCUT2D eigenvalue weighted by atomic mass is 10.1. The van der Waals surface area contributed by atoms with Crippen molar-refractivity contribution in [3.05, 3.63) is 40.3 Å². The molecule has 3 nitrogen and oxygen atoms in total. The van der Waals surface area contributed by atoms with Crippen LogP contribution in [0.2, 0.25) is 0 Å². The van der Waals surface area contributed by atoms with E-state index in [0.29, 0.717) is 6.04 Å². The molecule has 1 saturated heterocycles. The van der Waals surface area contributed by atoms with E-state index in [4.69, 9.17) is 0 Å². The van der Waals surface area contributed by atoms with Crippen molar-refractivity contribution in [2.75, 3.05) is 13.1 Å². The van der Waals surface area contributed by atoms with Crippen LogP contribution in [0.25, 0.3) is 0 Å². The molecule has 4 heteroatoms. The van der Waals surface area contributed by atoms with Gasteiger partial charge in [0, 0.05) is 24.2 Å². The summed E-state index contributed by atoms with van der Waals surface area (Å²) >= 11 is 1.85. The van der Waals surface area contributed by atoms with Gasteiger partial charge >= 0.3 is 0 Å². The summed E-state index contributed by atoms with van der Waals surface area (Å²) < 4.78 is 2.15. The van der Waals surface area contributed by atoms with E-state index in [9.17, 15) is 0 Å². The van der Waals surface area contributed by atoms with Gasteiger partial charge in [-0.15, -0.1) is 11.3 Å². The molecule has 1 atom stereocenters. The van der Waals surface area contributed by atoms with E-state index in [1.54, 1.807) is 0 Å². The van der Waals surface area contributed by atoms with Crippen molar-refractivity contribution in [2.45, 2.75) is 32.4 Å². The Labute approximate surface area is 112 Å². The smallest absolute Gasteiger partial charge is 0.0646 e. The maximum Gasteiger partial charge on any atom is 0.0646 e. The molecular weight excluding hydrogens is 242 g/mol. The number of piperidine rings is 1. The largest absolute Gasteiger partial charge is 0.296 e. The number of rotatable bonds is 3. The molecule has 2 aromatic rings. The van der Waals surface area contributed by atoms with Crippen LogP contribution in [-0.2, 0) is 6.54 Å². The third kappa shape index (κ3) is 2.65. The maximum atomic E-state index is 4.46. The Morgan fingerprint density at radius 2 is 2.44 bits per heavy atom. The number of likely N-dealkylation sites (tertiary alicyclic amines) is 1. The van der Waals surface area contributed by atoms with Crippen molar-refractivity contribution in [1.82, 2.24) is 14.7 Å². The summed E-state index contributed by atoms with van der Waals surface area (Å²) in [6, 6.07) is 4.91. The summed E-state index contributed by atoms with van der Waals surface area (Å²) in [6.07, 6.45) is 6.65. The first-order chi connectivity index (χ1) is 8.81. The molecule has 0 unspecified atom stereocenters. The van der Waals surface area contributed by atoms with Gasteiger partial charge < -0.3 is 0 Å². The second kappa shape index (κ2) is 5.24. The quantitative estimate of drug-likeness (QED) is 0.846. The van der Waals surface area contributed by atoms with Gasteiger partial charge in [-0.25, -0.2) is 0 Å².